The highest BCUT2D eigenvalue weighted by Gasteiger charge is 2.08. The van der Waals surface area contributed by atoms with Crippen molar-refractivity contribution in [3.63, 3.8) is 0 Å². The van der Waals surface area contributed by atoms with E-state index in [0.717, 1.165) is 18.8 Å². The summed E-state index contributed by atoms with van der Waals surface area (Å²) in [4.78, 5) is 15.4. The van der Waals surface area contributed by atoms with Crippen LogP contribution in [0.15, 0.2) is 28.9 Å². The molecule has 1 heterocycles. The molecular weight excluding hydrogens is 385 g/mol. The number of ether oxygens (including phenoxy) is 1. The van der Waals surface area contributed by atoms with Crippen LogP contribution >= 0.6 is 38.5 Å². The number of benzene rings is 1. The highest BCUT2D eigenvalue weighted by Crippen LogP contribution is 2.25. The number of fused-ring (bicyclic) bond motifs is 1. The topological polar surface area (TPSA) is 39.2 Å². The largest absolute Gasteiger partial charge is 0.464 e. The van der Waals surface area contributed by atoms with Crippen LogP contribution in [-0.2, 0) is 4.74 Å². The van der Waals surface area contributed by atoms with Crippen LogP contribution in [0.25, 0.3) is 10.8 Å². The van der Waals surface area contributed by atoms with Crippen LogP contribution < -0.4 is 0 Å². The SMILES string of the molecule is COC(=O)c1cc2cc(Br)c(I)cc2cn1. The molecule has 5 heteroatoms. The maximum absolute atomic E-state index is 11.3. The summed E-state index contributed by atoms with van der Waals surface area (Å²) in [5.74, 6) is -0.420. The summed E-state index contributed by atoms with van der Waals surface area (Å²) < 4.78 is 6.74. The summed E-state index contributed by atoms with van der Waals surface area (Å²) in [6, 6.07) is 5.70. The molecule has 3 nitrogen and oxygen atoms in total. The minimum absolute atomic E-state index is 0.322. The zero-order valence-electron chi connectivity index (χ0n) is 8.33. The molecule has 0 saturated carbocycles. The Balaban J connectivity index is 2.62. The number of pyridine rings is 1. The van der Waals surface area contributed by atoms with Gasteiger partial charge in [0, 0.05) is 19.6 Å². The maximum atomic E-state index is 11.3. The molecule has 0 aliphatic heterocycles. The van der Waals surface area contributed by atoms with Gasteiger partial charge in [-0.2, -0.15) is 0 Å². The van der Waals surface area contributed by atoms with Gasteiger partial charge in [0.2, 0.25) is 0 Å². The number of rotatable bonds is 1. The molecule has 2 rings (SSSR count). The van der Waals surface area contributed by atoms with Gasteiger partial charge in [0.05, 0.1) is 7.11 Å². The van der Waals surface area contributed by atoms with E-state index in [4.69, 9.17) is 0 Å². The van der Waals surface area contributed by atoms with Crippen molar-refractivity contribution in [2.75, 3.05) is 7.11 Å². The Morgan fingerprint density at radius 1 is 1.38 bits per heavy atom. The van der Waals surface area contributed by atoms with Crippen LogP contribution in [0.4, 0.5) is 0 Å². The third-order valence-electron chi connectivity index (χ3n) is 2.16. The molecule has 0 amide bonds. The molecule has 0 atom stereocenters. The molecule has 0 bridgehead atoms. The predicted octanol–water partition coefficient (Wildman–Crippen LogP) is 3.39. The summed E-state index contributed by atoms with van der Waals surface area (Å²) in [5, 5.41) is 1.96. The third-order valence-corrected chi connectivity index (χ3v) is 4.45. The molecule has 0 unspecified atom stereocenters. The summed E-state index contributed by atoms with van der Waals surface area (Å²) in [5.41, 5.74) is 0.322. The Labute approximate surface area is 114 Å². The number of carbonyl (C=O) groups is 1. The van der Waals surface area contributed by atoms with Gasteiger partial charge in [-0.05, 0) is 62.1 Å². The molecule has 0 saturated heterocycles. The molecule has 1 aromatic carbocycles. The van der Waals surface area contributed by atoms with E-state index >= 15 is 0 Å². The number of methoxy groups -OCH3 is 1. The molecule has 0 N–H and O–H groups in total. The lowest BCUT2D eigenvalue weighted by atomic mass is 10.1. The number of esters is 1. The van der Waals surface area contributed by atoms with Gasteiger partial charge in [-0.3, -0.25) is 0 Å². The molecule has 0 aliphatic carbocycles. The fourth-order valence-corrected chi connectivity index (χ4v) is 2.21. The zero-order chi connectivity index (χ0) is 11.7. The van der Waals surface area contributed by atoms with Crippen molar-refractivity contribution >= 4 is 55.3 Å². The van der Waals surface area contributed by atoms with E-state index in [1.54, 1.807) is 12.3 Å². The van der Waals surface area contributed by atoms with Gasteiger partial charge in [0.25, 0.3) is 0 Å². The predicted molar refractivity (Wildman–Crippen MR) is 73.5 cm³/mol. The zero-order valence-corrected chi connectivity index (χ0v) is 12.1. The minimum Gasteiger partial charge on any atom is -0.464 e. The lowest BCUT2D eigenvalue weighted by molar-refractivity contribution is 0.0594. The second-order valence-corrected chi connectivity index (χ2v) is 5.19. The van der Waals surface area contributed by atoms with Crippen molar-refractivity contribution in [3.8, 4) is 0 Å². The van der Waals surface area contributed by atoms with E-state index < -0.39 is 5.97 Å². The smallest absolute Gasteiger partial charge is 0.356 e. The van der Waals surface area contributed by atoms with Crippen molar-refractivity contribution in [3.05, 3.63) is 38.1 Å². The molecule has 0 spiro atoms. The fraction of sp³-hybridized carbons (Fsp3) is 0.0909. The first kappa shape index (κ1) is 11.8. The van der Waals surface area contributed by atoms with Gasteiger partial charge in [-0.25, -0.2) is 9.78 Å². The molecule has 82 valence electrons. The Morgan fingerprint density at radius 2 is 2.12 bits per heavy atom. The van der Waals surface area contributed by atoms with Gasteiger partial charge in [0.15, 0.2) is 0 Å². The molecule has 2 aromatic rings. The van der Waals surface area contributed by atoms with Crippen LogP contribution in [0.3, 0.4) is 0 Å². The normalized spacial score (nSPS) is 10.4. The van der Waals surface area contributed by atoms with E-state index in [0.29, 0.717) is 5.69 Å². The Morgan fingerprint density at radius 3 is 2.81 bits per heavy atom. The fourth-order valence-electron chi connectivity index (χ4n) is 1.35. The van der Waals surface area contributed by atoms with Crippen LogP contribution in [-0.4, -0.2) is 18.1 Å². The average molecular weight is 392 g/mol. The number of nitrogens with zero attached hydrogens (tertiary/aromatic N) is 1. The molecular formula is C11H7BrINO2. The molecule has 16 heavy (non-hydrogen) atoms. The van der Waals surface area contributed by atoms with Gasteiger partial charge in [-0.1, -0.05) is 0 Å². The monoisotopic (exact) mass is 391 g/mol. The van der Waals surface area contributed by atoms with Crippen LogP contribution in [0.1, 0.15) is 10.5 Å². The van der Waals surface area contributed by atoms with E-state index in [-0.39, 0.29) is 0 Å². The van der Waals surface area contributed by atoms with Crippen molar-refractivity contribution in [2.45, 2.75) is 0 Å². The second kappa shape index (κ2) is 4.67. The van der Waals surface area contributed by atoms with Crippen LogP contribution in [0, 0.1) is 3.57 Å². The average Bonchev–Trinajstić information content (AvgIpc) is 2.29. The number of aromatic nitrogens is 1. The van der Waals surface area contributed by atoms with Crippen molar-refractivity contribution in [1.82, 2.24) is 4.98 Å². The minimum atomic E-state index is -0.420. The van der Waals surface area contributed by atoms with Gasteiger partial charge >= 0.3 is 5.97 Å². The lowest BCUT2D eigenvalue weighted by Gasteiger charge is -2.03. The first-order valence-corrected chi connectivity index (χ1v) is 6.32. The standard InChI is InChI=1S/C11H7BrINO2/c1-16-11(15)10-4-6-2-8(12)9(13)3-7(6)5-14-10/h2-5H,1H3. The third kappa shape index (κ3) is 2.20. The number of carbonyl (C=O) groups excluding carboxylic acids is 1. The Kier molecular flexibility index (Phi) is 3.44. The van der Waals surface area contributed by atoms with Gasteiger partial charge < -0.3 is 4.74 Å². The highest BCUT2D eigenvalue weighted by molar-refractivity contribution is 14.1. The first-order chi connectivity index (χ1) is 7.61. The summed E-state index contributed by atoms with van der Waals surface area (Å²) in [6.45, 7) is 0. The van der Waals surface area contributed by atoms with Crippen molar-refractivity contribution < 1.29 is 9.53 Å². The van der Waals surface area contributed by atoms with E-state index in [1.165, 1.54) is 7.11 Å². The maximum Gasteiger partial charge on any atom is 0.356 e. The highest BCUT2D eigenvalue weighted by atomic mass is 127. The van der Waals surface area contributed by atoms with Crippen LogP contribution in [0.2, 0.25) is 0 Å². The number of halogens is 2. The summed E-state index contributed by atoms with van der Waals surface area (Å²) >= 11 is 5.69. The van der Waals surface area contributed by atoms with Crippen molar-refractivity contribution in [2.24, 2.45) is 0 Å². The molecule has 1 aromatic heterocycles. The van der Waals surface area contributed by atoms with E-state index in [9.17, 15) is 4.79 Å². The lowest BCUT2D eigenvalue weighted by Crippen LogP contribution is -2.03. The number of hydrogen-bond donors (Lipinski definition) is 0. The number of hydrogen-bond acceptors (Lipinski definition) is 3. The summed E-state index contributed by atoms with van der Waals surface area (Å²) in [7, 11) is 1.35. The van der Waals surface area contributed by atoms with Crippen molar-refractivity contribution in [1.29, 1.82) is 0 Å². The molecule has 0 aliphatic rings. The summed E-state index contributed by atoms with van der Waals surface area (Å²) in [6.07, 6.45) is 1.68. The quantitative estimate of drug-likeness (QED) is 0.552. The Bertz CT molecular complexity index is 571. The van der Waals surface area contributed by atoms with Crippen LogP contribution in [0.5, 0.6) is 0 Å². The first-order valence-electron chi connectivity index (χ1n) is 4.45. The van der Waals surface area contributed by atoms with Gasteiger partial charge in [0.1, 0.15) is 5.69 Å². The molecule has 0 radical (unpaired) electrons. The Hall–Kier alpha value is -0.690. The van der Waals surface area contributed by atoms with E-state index in [1.807, 2.05) is 12.1 Å². The molecule has 0 fully saturated rings. The van der Waals surface area contributed by atoms with E-state index in [2.05, 4.69) is 48.2 Å². The second-order valence-electron chi connectivity index (χ2n) is 3.17. The van der Waals surface area contributed by atoms with Gasteiger partial charge in [-0.15, -0.1) is 0 Å².